The number of primary amides is 1. The number of nitrogen functional groups attached to an aromatic ring is 1. The Morgan fingerprint density at radius 2 is 1.95 bits per heavy atom. The van der Waals surface area contributed by atoms with Crippen molar-refractivity contribution in [3.05, 3.63) is 0 Å². The monoisotopic (exact) mass is 269 g/mol. The maximum Gasteiger partial charge on any atom is 0.323 e. The zero-order chi connectivity index (χ0) is 14.5. The van der Waals surface area contributed by atoms with E-state index in [0.29, 0.717) is 6.61 Å². The van der Waals surface area contributed by atoms with E-state index >= 15 is 0 Å². The molecule has 1 aromatic heterocycles. The number of carbonyl (C=O) groups excluding carboxylic acids is 1. The highest BCUT2D eigenvalue weighted by Gasteiger charge is 2.26. The molecule has 0 aliphatic carbocycles. The largest absolute Gasteiger partial charge is 0.463 e. The van der Waals surface area contributed by atoms with E-state index in [2.05, 4.69) is 25.7 Å². The Hall–Kier alpha value is -2.16. The van der Waals surface area contributed by atoms with Crippen LogP contribution in [0.25, 0.3) is 0 Å². The van der Waals surface area contributed by atoms with Crippen LogP contribution in [0.15, 0.2) is 0 Å². The van der Waals surface area contributed by atoms with Crippen molar-refractivity contribution in [2.45, 2.75) is 32.7 Å². The van der Waals surface area contributed by atoms with Crippen LogP contribution in [0.4, 0.5) is 11.9 Å². The third kappa shape index (κ3) is 4.21. The summed E-state index contributed by atoms with van der Waals surface area (Å²) in [5.74, 6) is 5.01. The van der Waals surface area contributed by atoms with Gasteiger partial charge in [-0.1, -0.05) is 6.92 Å². The molecule has 0 spiro atoms. The number of anilines is 2. The first-order valence-corrected chi connectivity index (χ1v) is 5.82. The highest BCUT2D eigenvalue weighted by Crippen LogP contribution is 2.15. The Morgan fingerprint density at radius 3 is 2.47 bits per heavy atom. The van der Waals surface area contributed by atoms with Crippen LogP contribution in [0.1, 0.15) is 27.2 Å². The zero-order valence-corrected chi connectivity index (χ0v) is 11.2. The van der Waals surface area contributed by atoms with Crippen molar-refractivity contribution in [1.29, 1.82) is 0 Å². The summed E-state index contributed by atoms with van der Waals surface area (Å²) in [6.07, 6.45) is 0.812. The predicted octanol–water partition coefficient (Wildman–Crippen LogP) is -0.378. The molecular weight excluding hydrogens is 250 g/mol. The molecule has 0 aliphatic rings. The molecule has 9 nitrogen and oxygen atoms in total. The number of nitrogens with zero attached hydrogens (tertiary/aromatic N) is 3. The minimum Gasteiger partial charge on any atom is -0.463 e. The van der Waals surface area contributed by atoms with Crippen LogP contribution in [-0.4, -0.2) is 33.0 Å². The van der Waals surface area contributed by atoms with Gasteiger partial charge in [0, 0.05) is 0 Å². The van der Waals surface area contributed by atoms with Crippen molar-refractivity contribution in [1.82, 2.24) is 15.0 Å². The van der Waals surface area contributed by atoms with Crippen molar-refractivity contribution >= 4 is 17.8 Å². The molecule has 1 amide bonds. The lowest BCUT2D eigenvalue weighted by Crippen LogP contribution is -2.45. The molecule has 6 N–H and O–H groups in total. The minimum atomic E-state index is -1.00. The number of nitrogens with one attached hydrogen (secondary N) is 2. The average Bonchev–Trinajstić information content (AvgIpc) is 2.35. The van der Waals surface area contributed by atoms with Crippen LogP contribution in [0, 0.1) is 0 Å². The van der Waals surface area contributed by atoms with Crippen molar-refractivity contribution < 1.29 is 9.53 Å². The molecule has 1 rings (SSSR count). The summed E-state index contributed by atoms with van der Waals surface area (Å²) in [5, 5.41) is 2.80. The molecular formula is C10H19N7O2. The lowest BCUT2D eigenvalue weighted by Gasteiger charge is -2.22. The molecule has 0 unspecified atom stereocenters. The van der Waals surface area contributed by atoms with Crippen LogP contribution >= 0.6 is 0 Å². The van der Waals surface area contributed by atoms with Gasteiger partial charge in [-0.3, -0.25) is 10.2 Å². The highest BCUT2D eigenvalue weighted by atomic mass is 16.5. The van der Waals surface area contributed by atoms with E-state index in [4.69, 9.17) is 16.3 Å². The van der Waals surface area contributed by atoms with Gasteiger partial charge in [-0.05, 0) is 20.3 Å². The molecule has 0 fully saturated rings. The Balaban J connectivity index is 2.96. The van der Waals surface area contributed by atoms with Crippen LogP contribution in [0.2, 0.25) is 0 Å². The fourth-order valence-electron chi connectivity index (χ4n) is 1.08. The molecule has 0 aliphatic heterocycles. The van der Waals surface area contributed by atoms with Gasteiger partial charge < -0.3 is 15.8 Å². The molecule has 19 heavy (non-hydrogen) atoms. The molecule has 0 aromatic carbocycles. The van der Waals surface area contributed by atoms with E-state index < -0.39 is 11.4 Å². The molecule has 1 heterocycles. The Labute approximate surface area is 111 Å². The quantitative estimate of drug-likeness (QED) is 0.388. The minimum absolute atomic E-state index is 0.118. The van der Waals surface area contributed by atoms with Crippen LogP contribution < -0.4 is 27.1 Å². The molecule has 9 heteroatoms. The molecule has 0 atom stereocenters. The highest BCUT2D eigenvalue weighted by molar-refractivity contribution is 5.86. The molecule has 0 radical (unpaired) electrons. The number of hydrazine groups is 1. The first-order valence-electron chi connectivity index (χ1n) is 5.82. The lowest BCUT2D eigenvalue weighted by atomic mass is 10.1. The van der Waals surface area contributed by atoms with E-state index in [0.717, 1.165) is 6.42 Å². The van der Waals surface area contributed by atoms with Gasteiger partial charge in [0.1, 0.15) is 5.54 Å². The number of hydrogen-bond donors (Lipinski definition) is 4. The maximum absolute atomic E-state index is 11.3. The van der Waals surface area contributed by atoms with Crippen LogP contribution in [0.5, 0.6) is 6.01 Å². The molecule has 0 saturated carbocycles. The van der Waals surface area contributed by atoms with Crippen molar-refractivity contribution in [2.24, 2.45) is 11.6 Å². The summed E-state index contributed by atoms with van der Waals surface area (Å²) in [6.45, 7) is 5.65. The van der Waals surface area contributed by atoms with E-state index in [1.165, 1.54) is 0 Å². The summed E-state index contributed by atoms with van der Waals surface area (Å²) < 4.78 is 5.30. The second-order valence-electron chi connectivity index (χ2n) is 4.37. The Bertz CT molecular complexity index is 450. The zero-order valence-electron chi connectivity index (χ0n) is 11.2. The van der Waals surface area contributed by atoms with E-state index in [1.54, 1.807) is 13.8 Å². The third-order valence-corrected chi connectivity index (χ3v) is 2.22. The second-order valence-corrected chi connectivity index (χ2v) is 4.37. The van der Waals surface area contributed by atoms with Gasteiger partial charge in [-0.2, -0.15) is 15.0 Å². The van der Waals surface area contributed by atoms with Gasteiger partial charge >= 0.3 is 6.01 Å². The van der Waals surface area contributed by atoms with Crippen LogP contribution in [-0.2, 0) is 4.79 Å². The van der Waals surface area contributed by atoms with Gasteiger partial charge in [0.05, 0.1) is 6.61 Å². The molecule has 0 bridgehead atoms. The van der Waals surface area contributed by atoms with Gasteiger partial charge in [-0.25, -0.2) is 5.84 Å². The fourth-order valence-corrected chi connectivity index (χ4v) is 1.08. The SMILES string of the molecule is CCCOc1nc(NN)nc(NC(C)(C)C(N)=O)n1. The number of ether oxygens (including phenoxy) is 1. The first-order chi connectivity index (χ1) is 8.89. The number of carbonyl (C=O) groups is 1. The maximum atomic E-state index is 11.3. The predicted molar refractivity (Wildman–Crippen MR) is 70.3 cm³/mol. The first kappa shape index (κ1) is 14.9. The molecule has 0 saturated heterocycles. The summed E-state index contributed by atoms with van der Waals surface area (Å²) in [6, 6.07) is 0.118. The van der Waals surface area contributed by atoms with Crippen LogP contribution in [0.3, 0.4) is 0 Å². The van der Waals surface area contributed by atoms with Gasteiger partial charge in [0.2, 0.25) is 17.8 Å². The fraction of sp³-hybridized carbons (Fsp3) is 0.600. The number of hydrogen-bond acceptors (Lipinski definition) is 8. The van der Waals surface area contributed by atoms with Crippen molar-refractivity contribution in [3.63, 3.8) is 0 Å². The normalized spacial score (nSPS) is 10.9. The average molecular weight is 269 g/mol. The van der Waals surface area contributed by atoms with Gasteiger partial charge in [0.15, 0.2) is 0 Å². The second kappa shape index (κ2) is 6.14. The van der Waals surface area contributed by atoms with E-state index in [9.17, 15) is 4.79 Å². The number of aromatic nitrogens is 3. The van der Waals surface area contributed by atoms with Crippen molar-refractivity contribution in [2.75, 3.05) is 17.3 Å². The number of amides is 1. The van der Waals surface area contributed by atoms with Gasteiger partial charge in [0.25, 0.3) is 0 Å². The Kier molecular flexibility index (Phi) is 4.81. The summed E-state index contributed by atoms with van der Waals surface area (Å²) in [4.78, 5) is 23.2. The molecule has 106 valence electrons. The standard InChI is InChI=1S/C10H19N7O2/c1-4-5-19-9-14-7(13-8(15-9)17-12)16-10(2,3)6(11)18/h4-5,12H2,1-3H3,(H2,11,18)(H2,13,14,15,16,17). The number of nitrogens with two attached hydrogens (primary N) is 2. The van der Waals surface area contributed by atoms with Crippen molar-refractivity contribution in [3.8, 4) is 6.01 Å². The summed E-state index contributed by atoms with van der Waals surface area (Å²) >= 11 is 0. The third-order valence-electron chi connectivity index (χ3n) is 2.22. The number of rotatable bonds is 7. The lowest BCUT2D eigenvalue weighted by molar-refractivity contribution is -0.121. The van der Waals surface area contributed by atoms with Gasteiger partial charge in [-0.15, -0.1) is 0 Å². The Morgan fingerprint density at radius 1 is 1.32 bits per heavy atom. The smallest absolute Gasteiger partial charge is 0.323 e. The summed E-state index contributed by atoms with van der Waals surface area (Å²) in [7, 11) is 0. The van der Waals surface area contributed by atoms with E-state index in [1.807, 2.05) is 6.92 Å². The summed E-state index contributed by atoms with van der Waals surface area (Å²) in [5.41, 5.74) is 6.56. The molecule has 1 aromatic rings. The van der Waals surface area contributed by atoms with E-state index in [-0.39, 0.29) is 17.9 Å². The topological polar surface area (TPSA) is 141 Å².